The Morgan fingerprint density at radius 1 is 1.24 bits per heavy atom. The number of nitro benzene ring substituents is 1. The van der Waals surface area contributed by atoms with Crippen LogP contribution >= 0.6 is 11.3 Å². The van der Waals surface area contributed by atoms with Crippen molar-refractivity contribution in [3.63, 3.8) is 0 Å². The molecule has 4 nitrogen and oxygen atoms in total. The van der Waals surface area contributed by atoms with Gasteiger partial charge in [-0.2, -0.15) is 0 Å². The van der Waals surface area contributed by atoms with Crippen LogP contribution in [0, 0.1) is 28.7 Å². The summed E-state index contributed by atoms with van der Waals surface area (Å²) in [5.41, 5.74) is 1.38. The van der Waals surface area contributed by atoms with Gasteiger partial charge in [-0.05, 0) is 19.1 Å². The van der Waals surface area contributed by atoms with Crippen molar-refractivity contribution >= 4 is 27.2 Å². The first-order chi connectivity index (χ1) is 9.95. The van der Waals surface area contributed by atoms with E-state index in [1.54, 1.807) is 19.1 Å². The van der Waals surface area contributed by atoms with Crippen LogP contribution in [0.5, 0.6) is 0 Å². The lowest BCUT2D eigenvalue weighted by Crippen LogP contribution is -1.91. The Bertz CT molecular complexity index is 877. The van der Waals surface area contributed by atoms with E-state index in [0.29, 0.717) is 16.1 Å². The van der Waals surface area contributed by atoms with E-state index in [9.17, 15) is 18.9 Å². The van der Waals surface area contributed by atoms with Crippen LogP contribution in [0.15, 0.2) is 30.3 Å². The van der Waals surface area contributed by atoms with Crippen molar-refractivity contribution in [1.82, 2.24) is 4.98 Å². The number of nitrogens with zero attached hydrogens (tertiary/aromatic N) is 2. The maximum absolute atomic E-state index is 13.7. The Balaban J connectivity index is 2.14. The quantitative estimate of drug-likeness (QED) is 0.519. The highest BCUT2D eigenvalue weighted by Gasteiger charge is 2.15. The van der Waals surface area contributed by atoms with Crippen LogP contribution in [0.1, 0.15) is 5.56 Å². The van der Waals surface area contributed by atoms with Gasteiger partial charge in [-0.3, -0.25) is 10.1 Å². The van der Waals surface area contributed by atoms with Crippen LogP contribution in [-0.4, -0.2) is 9.91 Å². The fraction of sp³-hybridized carbons (Fsp3) is 0.0714. The third-order valence-corrected chi connectivity index (χ3v) is 4.18. The van der Waals surface area contributed by atoms with Crippen molar-refractivity contribution in [3.8, 4) is 10.6 Å². The zero-order valence-corrected chi connectivity index (χ0v) is 11.6. The van der Waals surface area contributed by atoms with Gasteiger partial charge in [-0.25, -0.2) is 13.8 Å². The third kappa shape index (κ3) is 2.36. The van der Waals surface area contributed by atoms with E-state index in [1.165, 1.54) is 6.07 Å². The molecule has 0 amide bonds. The average molecular weight is 306 g/mol. The Morgan fingerprint density at radius 2 is 2.00 bits per heavy atom. The number of fused-ring (bicyclic) bond motifs is 1. The Morgan fingerprint density at radius 3 is 2.67 bits per heavy atom. The van der Waals surface area contributed by atoms with Gasteiger partial charge >= 0.3 is 0 Å². The molecule has 0 bridgehead atoms. The van der Waals surface area contributed by atoms with Gasteiger partial charge in [0.05, 0.1) is 15.1 Å². The fourth-order valence-electron chi connectivity index (χ4n) is 2.08. The summed E-state index contributed by atoms with van der Waals surface area (Å²) in [6.07, 6.45) is 0. The van der Waals surface area contributed by atoms with Crippen molar-refractivity contribution in [3.05, 3.63) is 57.6 Å². The topological polar surface area (TPSA) is 56.0 Å². The molecule has 0 aliphatic rings. The highest BCUT2D eigenvalue weighted by molar-refractivity contribution is 7.21. The minimum Gasteiger partial charge on any atom is -0.258 e. The van der Waals surface area contributed by atoms with Crippen LogP contribution in [-0.2, 0) is 0 Å². The predicted molar refractivity (Wildman–Crippen MR) is 76.4 cm³/mol. The molecule has 3 aromatic rings. The largest absolute Gasteiger partial charge is 0.272 e. The van der Waals surface area contributed by atoms with E-state index in [-0.39, 0.29) is 15.9 Å². The highest BCUT2D eigenvalue weighted by Crippen LogP contribution is 2.34. The smallest absolute Gasteiger partial charge is 0.258 e. The molecule has 0 aliphatic heterocycles. The summed E-state index contributed by atoms with van der Waals surface area (Å²) in [7, 11) is 0. The summed E-state index contributed by atoms with van der Waals surface area (Å²) in [4.78, 5) is 14.5. The number of rotatable bonds is 2. The number of thiazole rings is 1. The van der Waals surface area contributed by atoms with E-state index in [1.807, 2.05) is 0 Å². The summed E-state index contributed by atoms with van der Waals surface area (Å²) >= 11 is 1.09. The molecule has 1 heterocycles. The molecule has 2 aromatic carbocycles. The highest BCUT2D eigenvalue weighted by atomic mass is 32.1. The van der Waals surface area contributed by atoms with E-state index < -0.39 is 16.6 Å². The maximum atomic E-state index is 13.7. The third-order valence-electron chi connectivity index (χ3n) is 3.05. The van der Waals surface area contributed by atoms with E-state index in [4.69, 9.17) is 0 Å². The molecule has 0 fully saturated rings. The van der Waals surface area contributed by atoms with E-state index >= 15 is 0 Å². The standard InChI is InChI=1S/C14H8F2N2O2S/c1-7-4-8(2-3-12(7)18(19)20)14-17-11-6-9(15)5-10(16)13(11)21-14/h2-6H,1H3. The molecule has 1 aromatic heterocycles. The van der Waals surface area contributed by atoms with Gasteiger partial charge in [0.25, 0.3) is 5.69 Å². The molecule has 106 valence electrons. The van der Waals surface area contributed by atoms with Crippen LogP contribution in [0.25, 0.3) is 20.8 Å². The summed E-state index contributed by atoms with van der Waals surface area (Å²) in [6, 6.07) is 6.52. The lowest BCUT2D eigenvalue weighted by Gasteiger charge is -1.99. The lowest BCUT2D eigenvalue weighted by atomic mass is 10.1. The lowest BCUT2D eigenvalue weighted by molar-refractivity contribution is -0.385. The summed E-state index contributed by atoms with van der Waals surface area (Å²) in [5, 5.41) is 11.3. The molecular formula is C14H8F2N2O2S. The first-order valence-corrected chi connectivity index (χ1v) is 6.78. The Kier molecular flexibility index (Phi) is 3.13. The average Bonchev–Trinajstić information content (AvgIpc) is 2.82. The zero-order valence-electron chi connectivity index (χ0n) is 10.8. The maximum Gasteiger partial charge on any atom is 0.272 e. The Labute approximate surface area is 121 Å². The molecule has 0 saturated carbocycles. The van der Waals surface area contributed by atoms with Crippen molar-refractivity contribution in [2.75, 3.05) is 0 Å². The molecule has 0 unspecified atom stereocenters. The number of benzene rings is 2. The number of hydrogen-bond donors (Lipinski definition) is 0. The molecule has 3 rings (SSSR count). The fourth-order valence-corrected chi connectivity index (χ4v) is 3.02. The SMILES string of the molecule is Cc1cc(-c2nc3cc(F)cc(F)c3s2)ccc1[N+](=O)[O-]. The van der Waals surface area contributed by atoms with Gasteiger partial charge in [0.2, 0.25) is 0 Å². The van der Waals surface area contributed by atoms with Gasteiger partial charge in [-0.1, -0.05) is 0 Å². The number of aryl methyl sites for hydroxylation is 1. The minimum atomic E-state index is -0.684. The summed E-state index contributed by atoms with van der Waals surface area (Å²) < 4.78 is 27.1. The van der Waals surface area contributed by atoms with Crippen molar-refractivity contribution in [1.29, 1.82) is 0 Å². The molecule has 0 atom stereocenters. The second-order valence-electron chi connectivity index (χ2n) is 4.51. The Hall–Kier alpha value is -2.41. The second-order valence-corrected chi connectivity index (χ2v) is 5.51. The molecule has 0 saturated heterocycles. The molecule has 7 heteroatoms. The van der Waals surface area contributed by atoms with E-state index in [0.717, 1.165) is 23.5 Å². The van der Waals surface area contributed by atoms with Crippen molar-refractivity contribution < 1.29 is 13.7 Å². The van der Waals surface area contributed by atoms with Gasteiger partial charge in [0, 0.05) is 29.3 Å². The van der Waals surface area contributed by atoms with Crippen LogP contribution < -0.4 is 0 Å². The van der Waals surface area contributed by atoms with Crippen LogP contribution in [0.3, 0.4) is 0 Å². The van der Waals surface area contributed by atoms with E-state index in [2.05, 4.69) is 4.98 Å². The monoisotopic (exact) mass is 306 g/mol. The van der Waals surface area contributed by atoms with Gasteiger partial charge in [0.1, 0.15) is 16.6 Å². The molecule has 21 heavy (non-hydrogen) atoms. The molecule has 0 aliphatic carbocycles. The first kappa shape index (κ1) is 13.6. The number of hydrogen-bond acceptors (Lipinski definition) is 4. The van der Waals surface area contributed by atoms with Crippen molar-refractivity contribution in [2.24, 2.45) is 0 Å². The second kappa shape index (κ2) is 4.85. The number of halogens is 2. The first-order valence-electron chi connectivity index (χ1n) is 5.96. The normalized spacial score (nSPS) is 11.0. The molecule has 0 N–H and O–H groups in total. The zero-order chi connectivity index (χ0) is 15.1. The van der Waals surface area contributed by atoms with Crippen LogP contribution in [0.2, 0.25) is 0 Å². The molecule has 0 radical (unpaired) electrons. The number of aromatic nitrogens is 1. The molecular weight excluding hydrogens is 298 g/mol. The van der Waals surface area contributed by atoms with Gasteiger partial charge in [0.15, 0.2) is 0 Å². The van der Waals surface area contributed by atoms with Crippen LogP contribution in [0.4, 0.5) is 14.5 Å². The van der Waals surface area contributed by atoms with Gasteiger partial charge in [-0.15, -0.1) is 11.3 Å². The van der Waals surface area contributed by atoms with Crippen molar-refractivity contribution in [2.45, 2.75) is 6.92 Å². The van der Waals surface area contributed by atoms with Gasteiger partial charge < -0.3 is 0 Å². The summed E-state index contributed by atoms with van der Waals surface area (Å²) in [6.45, 7) is 1.62. The minimum absolute atomic E-state index is 0.0112. The summed E-state index contributed by atoms with van der Waals surface area (Å²) in [5.74, 6) is -1.34. The predicted octanol–water partition coefficient (Wildman–Crippen LogP) is 4.46. The molecule has 0 spiro atoms. The number of nitro groups is 1.